The maximum absolute atomic E-state index is 6.60. The second kappa shape index (κ2) is 11.8. The number of fused-ring (bicyclic) bond motifs is 7. The first-order chi connectivity index (χ1) is 25.5. The number of nitrogens with zero attached hydrogens (tertiary/aromatic N) is 2. The Kier molecular flexibility index (Phi) is 6.84. The predicted molar refractivity (Wildman–Crippen MR) is 214 cm³/mol. The van der Waals surface area contributed by atoms with Crippen LogP contribution in [0.1, 0.15) is 25.0 Å². The van der Waals surface area contributed by atoms with Gasteiger partial charge in [0.2, 0.25) is 0 Å². The summed E-state index contributed by atoms with van der Waals surface area (Å²) in [6, 6.07) is 59.9. The number of rotatable bonds is 5. The Morgan fingerprint density at radius 2 is 1.00 bits per heavy atom. The average molecular weight is 667 g/mol. The van der Waals surface area contributed by atoms with Crippen LogP contribution in [0.4, 0.5) is 0 Å². The first kappa shape index (κ1) is 30.3. The molecule has 0 N–H and O–H groups in total. The highest BCUT2D eigenvalue weighted by Crippen LogP contribution is 2.53. The Balaban J connectivity index is 1.10. The normalized spacial score (nSPS) is 13.0. The lowest BCUT2D eigenvalue weighted by Crippen LogP contribution is -2.14. The number of benzene rings is 7. The molecule has 0 spiro atoms. The molecular weight excluding hydrogens is 633 g/mol. The van der Waals surface area contributed by atoms with Gasteiger partial charge in [0.15, 0.2) is 5.82 Å². The molecule has 10 rings (SSSR count). The molecule has 0 unspecified atom stereocenters. The standard InChI is InChI=1S/C49H34N2O/c1-49(2)41-26-24-34(29-40(41)46-42(49)27-25-39-38-22-11-12-23-45(38)52-47(39)46)37-21-10-9-20-36(37)33-18-13-19-35(28-33)48-50-43(31-14-5-3-6-15-31)30-44(51-48)32-16-7-4-8-17-32/h3-30H,1-2H3. The monoisotopic (exact) mass is 666 g/mol. The minimum Gasteiger partial charge on any atom is -0.455 e. The smallest absolute Gasteiger partial charge is 0.160 e. The molecule has 0 fully saturated rings. The lowest BCUT2D eigenvalue weighted by Gasteiger charge is -2.21. The molecule has 2 heterocycles. The molecule has 0 aliphatic heterocycles. The van der Waals surface area contributed by atoms with Gasteiger partial charge in [-0.25, -0.2) is 9.97 Å². The summed E-state index contributed by atoms with van der Waals surface area (Å²) in [6.07, 6.45) is 0. The van der Waals surface area contributed by atoms with Crippen LogP contribution in [0.3, 0.4) is 0 Å². The van der Waals surface area contributed by atoms with Gasteiger partial charge in [0.05, 0.1) is 11.4 Å². The van der Waals surface area contributed by atoms with Crippen molar-refractivity contribution < 1.29 is 4.42 Å². The Hall–Kier alpha value is -6.58. The van der Waals surface area contributed by atoms with Gasteiger partial charge in [0.1, 0.15) is 11.2 Å². The highest BCUT2D eigenvalue weighted by atomic mass is 16.3. The van der Waals surface area contributed by atoms with E-state index in [2.05, 4.69) is 166 Å². The second-order valence-corrected chi connectivity index (χ2v) is 14.2. The van der Waals surface area contributed by atoms with E-state index in [4.69, 9.17) is 14.4 Å². The molecule has 3 nitrogen and oxygen atoms in total. The van der Waals surface area contributed by atoms with E-state index in [1.165, 1.54) is 33.4 Å². The van der Waals surface area contributed by atoms with Crippen LogP contribution in [0.25, 0.3) is 89.2 Å². The van der Waals surface area contributed by atoms with Gasteiger partial charge in [0, 0.05) is 38.4 Å². The molecule has 3 heteroatoms. The third kappa shape index (κ3) is 4.81. The number of aromatic nitrogens is 2. The molecule has 1 aliphatic carbocycles. The fourth-order valence-electron chi connectivity index (χ4n) is 8.09. The van der Waals surface area contributed by atoms with Gasteiger partial charge in [-0.15, -0.1) is 0 Å². The van der Waals surface area contributed by atoms with Crippen molar-refractivity contribution >= 4 is 21.9 Å². The molecule has 0 saturated heterocycles. The molecule has 1 aliphatic rings. The zero-order chi connectivity index (χ0) is 34.8. The highest BCUT2D eigenvalue weighted by molar-refractivity contribution is 6.12. The average Bonchev–Trinajstić information content (AvgIpc) is 3.70. The van der Waals surface area contributed by atoms with E-state index in [1.807, 2.05) is 18.2 Å². The molecule has 0 radical (unpaired) electrons. The molecule has 0 atom stereocenters. The van der Waals surface area contributed by atoms with E-state index >= 15 is 0 Å². The van der Waals surface area contributed by atoms with Gasteiger partial charge < -0.3 is 4.42 Å². The minimum absolute atomic E-state index is 0.142. The summed E-state index contributed by atoms with van der Waals surface area (Å²) in [7, 11) is 0. The van der Waals surface area contributed by atoms with Crippen LogP contribution >= 0.6 is 0 Å². The van der Waals surface area contributed by atoms with Gasteiger partial charge in [-0.1, -0.05) is 159 Å². The van der Waals surface area contributed by atoms with E-state index in [1.54, 1.807) is 0 Å². The molecule has 0 amide bonds. The third-order valence-corrected chi connectivity index (χ3v) is 10.7. The number of furan rings is 1. The van der Waals surface area contributed by atoms with Crippen molar-refractivity contribution in [2.75, 3.05) is 0 Å². The van der Waals surface area contributed by atoms with Gasteiger partial charge in [0.25, 0.3) is 0 Å². The predicted octanol–water partition coefficient (Wildman–Crippen LogP) is 13.0. The van der Waals surface area contributed by atoms with E-state index in [0.29, 0.717) is 5.82 Å². The van der Waals surface area contributed by atoms with Crippen molar-refractivity contribution in [2.24, 2.45) is 0 Å². The zero-order valence-electron chi connectivity index (χ0n) is 29.0. The van der Waals surface area contributed by atoms with Crippen LogP contribution in [-0.4, -0.2) is 9.97 Å². The fraction of sp³-hybridized carbons (Fsp3) is 0.0612. The van der Waals surface area contributed by atoms with Crippen LogP contribution in [0, 0.1) is 0 Å². The summed E-state index contributed by atoms with van der Waals surface area (Å²) in [5, 5.41) is 2.32. The van der Waals surface area contributed by atoms with E-state index in [0.717, 1.165) is 61.1 Å². The minimum atomic E-state index is -0.142. The number of hydrogen-bond donors (Lipinski definition) is 0. The van der Waals surface area contributed by atoms with Crippen molar-refractivity contribution in [1.29, 1.82) is 0 Å². The van der Waals surface area contributed by atoms with Crippen molar-refractivity contribution in [3.63, 3.8) is 0 Å². The Bertz CT molecular complexity index is 2760. The first-order valence-corrected chi connectivity index (χ1v) is 17.8. The molecule has 52 heavy (non-hydrogen) atoms. The van der Waals surface area contributed by atoms with Crippen molar-refractivity contribution in [2.45, 2.75) is 19.3 Å². The zero-order valence-corrected chi connectivity index (χ0v) is 29.0. The van der Waals surface area contributed by atoms with Gasteiger partial charge in [-0.05, 0) is 63.2 Å². The van der Waals surface area contributed by atoms with Crippen molar-refractivity contribution in [3.8, 4) is 67.3 Å². The quantitative estimate of drug-likeness (QED) is 0.183. The summed E-state index contributed by atoms with van der Waals surface area (Å²) in [4.78, 5) is 10.2. The lowest BCUT2D eigenvalue weighted by atomic mass is 9.82. The summed E-state index contributed by atoms with van der Waals surface area (Å²) in [5.41, 5.74) is 16.3. The van der Waals surface area contributed by atoms with Crippen molar-refractivity contribution in [1.82, 2.24) is 9.97 Å². The summed E-state index contributed by atoms with van der Waals surface area (Å²) in [5.74, 6) is 0.700. The van der Waals surface area contributed by atoms with Crippen LogP contribution in [0.15, 0.2) is 174 Å². The van der Waals surface area contributed by atoms with Crippen LogP contribution < -0.4 is 0 Å². The van der Waals surface area contributed by atoms with E-state index < -0.39 is 0 Å². The molecule has 2 aromatic heterocycles. The molecule has 0 saturated carbocycles. The fourth-order valence-corrected chi connectivity index (χ4v) is 8.09. The second-order valence-electron chi connectivity index (χ2n) is 14.2. The Labute approximate surface area is 302 Å². The molecule has 7 aromatic carbocycles. The topological polar surface area (TPSA) is 38.9 Å². The van der Waals surface area contributed by atoms with E-state index in [-0.39, 0.29) is 5.41 Å². The Morgan fingerprint density at radius 3 is 1.71 bits per heavy atom. The molecule has 246 valence electrons. The maximum atomic E-state index is 6.60. The molecule has 0 bridgehead atoms. The SMILES string of the molecule is CC1(C)c2ccc(-c3ccccc3-c3cccc(-c4nc(-c5ccccc5)cc(-c5ccccc5)n4)c3)cc2-c2c1ccc1c2oc2ccccc21. The highest BCUT2D eigenvalue weighted by Gasteiger charge is 2.38. The molecular formula is C49H34N2O. The van der Waals surface area contributed by atoms with E-state index in [9.17, 15) is 0 Å². The van der Waals surface area contributed by atoms with Gasteiger partial charge >= 0.3 is 0 Å². The van der Waals surface area contributed by atoms with Gasteiger partial charge in [-0.3, -0.25) is 0 Å². The Morgan fingerprint density at radius 1 is 0.423 bits per heavy atom. The molecule has 9 aromatic rings. The van der Waals surface area contributed by atoms with Crippen LogP contribution in [-0.2, 0) is 5.41 Å². The first-order valence-electron chi connectivity index (χ1n) is 17.8. The number of hydrogen-bond acceptors (Lipinski definition) is 3. The lowest BCUT2D eigenvalue weighted by molar-refractivity contribution is 0.653. The number of para-hydroxylation sites is 1. The maximum Gasteiger partial charge on any atom is 0.160 e. The summed E-state index contributed by atoms with van der Waals surface area (Å²) < 4.78 is 6.60. The largest absolute Gasteiger partial charge is 0.455 e. The van der Waals surface area contributed by atoms with Crippen molar-refractivity contribution in [3.05, 3.63) is 181 Å². The summed E-state index contributed by atoms with van der Waals surface area (Å²) >= 11 is 0. The third-order valence-electron chi connectivity index (χ3n) is 10.7. The van der Waals surface area contributed by atoms with Gasteiger partial charge in [-0.2, -0.15) is 0 Å². The van der Waals surface area contributed by atoms with Crippen LogP contribution in [0.2, 0.25) is 0 Å². The summed E-state index contributed by atoms with van der Waals surface area (Å²) in [6.45, 7) is 4.65. The van der Waals surface area contributed by atoms with Crippen LogP contribution in [0.5, 0.6) is 0 Å².